The van der Waals surface area contributed by atoms with Crippen LogP contribution in [0.3, 0.4) is 0 Å². The molecule has 0 aliphatic rings. The van der Waals surface area contributed by atoms with Gasteiger partial charge >= 0.3 is 0 Å². The van der Waals surface area contributed by atoms with E-state index in [1.165, 1.54) is 6.20 Å². The molecule has 0 spiro atoms. The SMILES string of the molecule is Clc1cc(Cl)c(Cl)c(-c2c(Cl)ccnc2Cl)c1. The molecule has 0 unspecified atom stereocenters. The molecule has 0 aliphatic carbocycles. The molecule has 1 heterocycles. The summed E-state index contributed by atoms with van der Waals surface area (Å²) in [6, 6.07) is 4.81. The first-order valence-electron chi connectivity index (χ1n) is 4.45. The molecule has 1 aromatic carbocycles. The number of nitrogens with zero attached hydrogens (tertiary/aromatic N) is 1. The Kier molecular flexibility index (Phi) is 4.06. The number of benzene rings is 1. The van der Waals surface area contributed by atoms with Crippen molar-refractivity contribution in [1.82, 2.24) is 4.98 Å². The van der Waals surface area contributed by atoms with Crippen LogP contribution >= 0.6 is 58.0 Å². The summed E-state index contributed by atoms with van der Waals surface area (Å²) < 4.78 is 0. The van der Waals surface area contributed by atoms with Gasteiger partial charge in [0.25, 0.3) is 0 Å². The van der Waals surface area contributed by atoms with Crippen LogP contribution in [0.1, 0.15) is 0 Å². The maximum Gasteiger partial charge on any atom is 0.138 e. The molecule has 0 saturated heterocycles. The van der Waals surface area contributed by atoms with Gasteiger partial charge in [-0.3, -0.25) is 0 Å². The van der Waals surface area contributed by atoms with Crippen molar-refractivity contribution in [2.45, 2.75) is 0 Å². The lowest BCUT2D eigenvalue weighted by Gasteiger charge is -2.10. The quantitative estimate of drug-likeness (QED) is 0.461. The lowest BCUT2D eigenvalue weighted by atomic mass is 10.1. The lowest BCUT2D eigenvalue weighted by Crippen LogP contribution is -1.87. The van der Waals surface area contributed by atoms with Crippen molar-refractivity contribution < 1.29 is 0 Å². The molecule has 0 saturated carbocycles. The standard InChI is InChI=1S/C11H4Cl5N/c12-5-3-6(10(15)8(14)4-5)9-7(13)1-2-17-11(9)16/h1-4H. The first-order chi connectivity index (χ1) is 8.00. The van der Waals surface area contributed by atoms with Crippen molar-refractivity contribution >= 4 is 58.0 Å². The van der Waals surface area contributed by atoms with Crippen molar-refractivity contribution in [1.29, 1.82) is 0 Å². The normalized spacial score (nSPS) is 10.6. The molecule has 0 bridgehead atoms. The van der Waals surface area contributed by atoms with E-state index in [-0.39, 0.29) is 5.15 Å². The van der Waals surface area contributed by atoms with Crippen molar-refractivity contribution in [3.8, 4) is 11.1 Å². The topological polar surface area (TPSA) is 12.9 Å². The summed E-state index contributed by atoms with van der Waals surface area (Å²) >= 11 is 30.1. The second-order valence-electron chi connectivity index (χ2n) is 3.21. The first-order valence-corrected chi connectivity index (χ1v) is 6.34. The predicted octanol–water partition coefficient (Wildman–Crippen LogP) is 6.02. The molecule has 2 aromatic rings. The average molecular weight is 327 g/mol. The van der Waals surface area contributed by atoms with Gasteiger partial charge in [-0.1, -0.05) is 58.0 Å². The molecule has 1 aromatic heterocycles. The lowest BCUT2D eigenvalue weighted by molar-refractivity contribution is 1.33. The molecule has 1 nitrogen and oxygen atoms in total. The molecule has 0 N–H and O–H groups in total. The maximum absolute atomic E-state index is 6.11. The fourth-order valence-electron chi connectivity index (χ4n) is 1.39. The highest BCUT2D eigenvalue weighted by molar-refractivity contribution is 6.46. The van der Waals surface area contributed by atoms with E-state index >= 15 is 0 Å². The molecule has 0 atom stereocenters. The van der Waals surface area contributed by atoms with Crippen LogP contribution in [0.25, 0.3) is 11.1 Å². The van der Waals surface area contributed by atoms with Crippen molar-refractivity contribution in [3.63, 3.8) is 0 Å². The van der Waals surface area contributed by atoms with E-state index in [0.29, 0.717) is 31.2 Å². The van der Waals surface area contributed by atoms with Crippen molar-refractivity contribution in [3.05, 3.63) is 49.6 Å². The Bertz CT molecular complexity index is 562. The third-order valence-electron chi connectivity index (χ3n) is 2.12. The summed E-state index contributed by atoms with van der Waals surface area (Å²) in [6.45, 7) is 0. The van der Waals surface area contributed by atoms with E-state index in [0.717, 1.165) is 0 Å². The van der Waals surface area contributed by atoms with Crippen LogP contribution in [-0.4, -0.2) is 4.98 Å². The molecule has 6 heteroatoms. The van der Waals surface area contributed by atoms with E-state index in [2.05, 4.69) is 4.98 Å². The van der Waals surface area contributed by atoms with Crippen LogP contribution in [0.2, 0.25) is 25.2 Å². The Hall–Kier alpha value is -0.180. The van der Waals surface area contributed by atoms with E-state index in [4.69, 9.17) is 58.0 Å². The molecule has 17 heavy (non-hydrogen) atoms. The van der Waals surface area contributed by atoms with Gasteiger partial charge in [-0.05, 0) is 18.2 Å². The number of halogens is 5. The highest BCUT2D eigenvalue weighted by Crippen LogP contribution is 2.41. The van der Waals surface area contributed by atoms with E-state index in [1.807, 2.05) is 0 Å². The van der Waals surface area contributed by atoms with E-state index in [1.54, 1.807) is 18.2 Å². The monoisotopic (exact) mass is 325 g/mol. The van der Waals surface area contributed by atoms with Gasteiger partial charge in [0.15, 0.2) is 0 Å². The zero-order valence-corrected chi connectivity index (χ0v) is 11.9. The van der Waals surface area contributed by atoms with Crippen molar-refractivity contribution in [2.24, 2.45) is 0 Å². The van der Waals surface area contributed by atoms with Crippen molar-refractivity contribution in [2.75, 3.05) is 0 Å². The fraction of sp³-hybridized carbons (Fsp3) is 0. The minimum Gasteiger partial charge on any atom is -0.244 e. The Labute approximate surface area is 123 Å². The summed E-state index contributed by atoms with van der Waals surface area (Å²) in [6.07, 6.45) is 1.51. The van der Waals surface area contributed by atoms with Crippen LogP contribution in [-0.2, 0) is 0 Å². The third kappa shape index (κ3) is 2.64. The van der Waals surface area contributed by atoms with E-state index < -0.39 is 0 Å². The smallest absolute Gasteiger partial charge is 0.138 e. The highest BCUT2D eigenvalue weighted by Gasteiger charge is 2.15. The Balaban J connectivity index is 2.77. The minimum atomic E-state index is 0.248. The second-order valence-corrected chi connectivity index (χ2v) is 5.19. The summed E-state index contributed by atoms with van der Waals surface area (Å²) in [4.78, 5) is 3.95. The average Bonchev–Trinajstić information content (AvgIpc) is 2.24. The Morgan fingerprint density at radius 3 is 2.24 bits per heavy atom. The molecule has 88 valence electrons. The largest absolute Gasteiger partial charge is 0.244 e. The molecular formula is C11H4Cl5N. The van der Waals surface area contributed by atoms with Gasteiger partial charge in [-0.2, -0.15) is 0 Å². The van der Waals surface area contributed by atoms with Crippen LogP contribution in [0.15, 0.2) is 24.4 Å². The zero-order valence-electron chi connectivity index (χ0n) is 8.15. The first kappa shape index (κ1) is 13.3. The van der Waals surface area contributed by atoms with Crippen LogP contribution < -0.4 is 0 Å². The summed E-state index contributed by atoms with van der Waals surface area (Å²) in [5, 5.41) is 1.81. The van der Waals surface area contributed by atoms with Gasteiger partial charge in [-0.25, -0.2) is 4.98 Å². The second kappa shape index (κ2) is 5.21. The highest BCUT2D eigenvalue weighted by atomic mass is 35.5. The van der Waals surface area contributed by atoms with Crippen LogP contribution in [0.5, 0.6) is 0 Å². The van der Waals surface area contributed by atoms with Gasteiger partial charge in [0, 0.05) is 22.3 Å². The fourth-order valence-corrected chi connectivity index (χ4v) is 2.65. The van der Waals surface area contributed by atoms with Crippen LogP contribution in [0, 0.1) is 0 Å². The molecule has 0 amide bonds. The summed E-state index contributed by atoms with van der Waals surface area (Å²) in [5.74, 6) is 0. The molecule has 0 aliphatic heterocycles. The molecule has 0 radical (unpaired) electrons. The van der Waals surface area contributed by atoms with Gasteiger partial charge in [0.1, 0.15) is 5.15 Å². The van der Waals surface area contributed by atoms with Gasteiger partial charge in [0.05, 0.1) is 15.1 Å². The number of rotatable bonds is 1. The number of pyridine rings is 1. The summed E-state index contributed by atoms with van der Waals surface area (Å²) in [7, 11) is 0. The molecule has 2 rings (SSSR count). The van der Waals surface area contributed by atoms with Crippen LogP contribution in [0.4, 0.5) is 0 Å². The van der Waals surface area contributed by atoms with Gasteiger partial charge < -0.3 is 0 Å². The number of hydrogen-bond acceptors (Lipinski definition) is 1. The Morgan fingerprint density at radius 1 is 0.882 bits per heavy atom. The summed E-state index contributed by atoms with van der Waals surface area (Å²) in [5.41, 5.74) is 1.08. The zero-order chi connectivity index (χ0) is 12.6. The van der Waals surface area contributed by atoms with Gasteiger partial charge in [0.2, 0.25) is 0 Å². The number of hydrogen-bond donors (Lipinski definition) is 0. The maximum atomic E-state index is 6.11. The minimum absolute atomic E-state index is 0.248. The number of aromatic nitrogens is 1. The van der Waals surface area contributed by atoms with E-state index in [9.17, 15) is 0 Å². The van der Waals surface area contributed by atoms with Gasteiger partial charge in [-0.15, -0.1) is 0 Å². The predicted molar refractivity (Wildman–Crippen MR) is 74.7 cm³/mol. The third-order valence-corrected chi connectivity index (χ3v) is 3.74. The Morgan fingerprint density at radius 2 is 1.59 bits per heavy atom. The molecular weight excluding hydrogens is 323 g/mol. The molecule has 0 fully saturated rings.